The van der Waals surface area contributed by atoms with Crippen molar-refractivity contribution in [3.05, 3.63) is 0 Å². The van der Waals surface area contributed by atoms with Gasteiger partial charge in [0.05, 0.1) is 0 Å². The van der Waals surface area contributed by atoms with E-state index in [1.807, 2.05) is 0 Å². The van der Waals surface area contributed by atoms with Crippen LogP contribution in [-0.4, -0.2) is 5.78 Å². The van der Waals surface area contributed by atoms with Gasteiger partial charge in [0.1, 0.15) is 5.78 Å². The Morgan fingerprint density at radius 2 is 1.93 bits per heavy atom. The maximum Gasteiger partial charge on any atom is 0.132 e. The maximum absolute atomic E-state index is 11.5. The van der Waals surface area contributed by atoms with Crippen LogP contribution in [0.3, 0.4) is 0 Å². The van der Waals surface area contributed by atoms with Crippen LogP contribution in [0, 0.1) is 17.3 Å². The Balaban J connectivity index is 1.99. The molecule has 80 valence electrons. The van der Waals surface area contributed by atoms with Crippen LogP contribution in [0.2, 0.25) is 0 Å². The quantitative estimate of drug-likeness (QED) is 0.576. The highest BCUT2D eigenvalue weighted by Gasteiger charge is 2.46. The summed E-state index contributed by atoms with van der Waals surface area (Å²) in [5, 5.41) is 0. The van der Waals surface area contributed by atoms with Crippen LogP contribution in [0.25, 0.3) is 0 Å². The van der Waals surface area contributed by atoms with Crippen LogP contribution in [0.5, 0.6) is 0 Å². The monoisotopic (exact) mass is 194 g/mol. The number of carbonyl (C=O) groups is 1. The van der Waals surface area contributed by atoms with Gasteiger partial charge >= 0.3 is 0 Å². The Kier molecular flexibility index (Phi) is 2.68. The first-order valence-electron chi connectivity index (χ1n) is 6.11. The van der Waals surface area contributed by atoms with Gasteiger partial charge in [0, 0.05) is 12.8 Å². The van der Waals surface area contributed by atoms with Crippen LogP contribution in [0.1, 0.15) is 58.8 Å². The first-order valence-corrected chi connectivity index (χ1v) is 6.11. The standard InChI is InChI=1S/C13H22O/c1-13(2)9-10-5-3-4-6-11(14)7-8-12(10)13/h10,12H,3-9H2,1-2H3. The number of rotatable bonds is 0. The van der Waals surface area contributed by atoms with E-state index in [9.17, 15) is 4.79 Å². The van der Waals surface area contributed by atoms with E-state index in [0.29, 0.717) is 11.2 Å². The van der Waals surface area contributed by atoms with Crippen molar-refractivity contribution in [2.45, 2.75) is 58.8 Å². The van der Waals surface area contributed by atoms with E-state index in [2.05, 4.69) is 13.8 Å². The summed E-state index contributed by atoms with van der Waals surface area (Å²) in [6.07, 6.45) is 8.06. The van der Waals surface area contributed by atoms with Crippen LogP contribution in [0.15, 0.2) is 0 Å². The Morgan fingerprint density at radius 1 is 1.14 bits per heavy atom. The van der Waals surface area contributed by atoms with E-state index in [4.69, 9.17) is 0 Å². The highest BCUT2D eigenvalue weighted by Crippen LogP contribution is 2.55. The van der Waals surface area contributed by atoms with Crippen molar-refractivity contribution in [2.24, 2.45) is 17.3 Å². The van der Waals surface area contributed by atoms with E-state index in [0.717, 1.165) is 37.5 Å². The Morgan fingerprint density at radius 3 is 2.64 bits per heavy atom. The summed E-state index contributed by atoms with van der Waals surface area (Å²) < 4.78 is 0. The molecule has 0 heterocycles. The minimum Gasteiger partial charge on any atom is -0.300 e. The van der Waals surface area contributed by atoms with E-state index in [1.165, 1.54) is 19.3 Å². The average Bonchev–Trinajstić information content (AvgIpc) is 2.15. The van der Waals surface area contributed by atoms with Gasteiger partial charge in [0.25, 0.3) is 0 Å². The fourth-order valence-electron chi connectivity index (χ4n) is 3.55. The number of carbonyl (C=O) groups excluding carboxylic acids is 1. The smallest absolute Gasteiger partial charge is 0.132 e. The van der Waals surface area contributed by atoms with E-state index < -0.39 is 0 Å². The number of hydrogen-bond acceptors (Lipinski definition) is 1. The molecule has 2 aliphatic rings. The van der Waals surface area contributed by atoms with Gasteiger partial charge in [-0.2, -0.15) is 0 Å². The summed E-state index contributed by atoms with van der Waals surface area (Å²) in [4.78, 5) is 11.5. The Labute approximate surface area is 87.3 Å². The minimum atomic E-state index is 0.508. The van der Waals surface area contributed by atoms with E-state index in [1.54, 1.807) is 0 Å². The zero-order chi connectivity index (χ0) is 10.2. The molecule has 1 heteroatoms. The van der Waals surface area contributed by atoms with Crippen LogP contribution < -0.4 is 0 Å². The molecule has 0 spiro atoms. The SMILES string of the molecule is CC1(C)CC2CCCCC(=O)CCC21. The lowest BCUT2D eigenvalue weighted by Crippen LogP contribution is -2.43. The zero-order valence-electron chi connectivity index (χ0n) is 9.51. The molecule has 2 rings (SSSR count). The number of hydrogen-bond donors (Lipinski definition) is 0. The number of Topliss-reactive ketones (excluding diaryl/α,β-unsaturated/α-hetero) is 1. The molecule has 14 heavy (non-hydrogen) atoms. The summed E-state index contributed by atoms with van der Waals surface area (Å²) in [6.45, 7) is 4.74. The van der Waals surface area contributed by atoms with Gasteiger partial charge in [-0.3, -0.25) is 4.79 Å². The summed E-state index contributed by atoms with van der Waals surface area (Å²) in [5.41, 5.74) is 0.523. The normalized spacial score (nSPS) is 37.4. The lowest BCUT2D eigenvalue weighted by Gasteiger charge is -2.52. The molecule has 0 aromatic heterocycles. The summed E-state index contributed by atoms with van der Waals surface area (Å²) >= 11 is 0. The van der Waals surface area contributed by atoms with Crippen LogP contribution in [-0.2, 0) is 4.79 Å². The molecule has 0 aromatic carbocycles. The topological polar surface area (TPSA) is 17.1 Å². The molecule has 2 atom stereocenters. The molecular formula is C13H22O. The zero-order valence-corrected chi connectivity index (χ0v) is 9.51. The number of fused-ring (bicyclic) bond motifs is 1. The van der Waals surface area contributed by atoms with Crippen molar-refractivity contribution >= 4 is 5.78 Å². The molecule has 0 radical (unpaired) electrons. The Hall–Kier alpha value is -0.330. The number of ketones is 1. The lowest BCUT2D eigenvalue weighted by molar-refractivity contribution is -0.120. The third-order valence-corrected chi connectivity index (χ3v) is 4.38. The molecule has 0 bridgehead atoms. The molecule has 2 fully saturated rings. The van der Waals surface area contributed by atoms with E-state index >= 15 is 0 Å². The second-order valence-electron chi connectivity index (χ2n) is 5.88. The second kappa shape index (κ2) is 3.67. The van der Waals surface area contributed by atoms with Crippen molar-refractivity contribution < 1.29 is 4.79 Å². The third kappa shape index (κ3) is 1.87. The first kappa shape index (κ1) is 10.2. The highest BCUT2D eigenvalue weighted by atomic mass is 16.1. The predicted octanol–water partition coefficient (Wildman–Crippen LogP) is 3.57. The molecule has 0 amide bonds. The van der Waals surface area contributed by atoms with Crippen molar-refractivity contribution in [1.82, 2.24) is 0 Å². The third-order valence-electron chi connectivity index (χ3n) is 4.38. The summed E-state index contributed by atoms with van der Waals surface area (Å²) in [5.74, 6) is 2.29. The van der Waals surface area contributed by atoms with Gasteiger partial charge in [-0.05, 0) is 36.5 Å². The second-order valence-corrected chi connectivity index (χ2v) is 5.88. The molecule has 0 N–H and O–H groups in total. The predicted molar refractivity (Wildman–Crippen MR) is 58.1 cm³/mol. The molecule has 1 nitrogen and oxygen atoms in total. The molecule has 2 aliphatic carbocycles. The fourth-order valence-corrected chi connectivity index (χ4v) is 3.55. The first-order chi connectivity index (χ1) is 6.59. The van der Waals surface area contributed by atoms with Crippen molar-refractivity contribution in [3.8, 4) is 0 Å². The van der Waals surface area contributed by atoms with Crippen LogP contribution in [0.4, 0.5) is 0 Å². The van der Waals surface area contributed by atoms with Crippen molar-refractivity contribution in [2.75, 3.05) is 0 Å². The molecule has 0 saturated heterocycles. The van der Waals surface area contributed by atoms with Gasteiger partial charge in [0.15, 0.2) is 0 Å². The Bertz CT molecular complexity index is 229. The lowest BCUT2D eigenvalue weighted by atomic mass is 9.53. The van der Waals surface area contributed by atoms with Gasteiger partial charge < -0.3 is 0 Å². The van der Waals surface area contributed by atoms with Gasteiger partial charge in [-0.25, -0.2) is 0 Å². The summed E-state index contributed by atoms with van der Waals surface area (Å²) in [6, 6.07) is 0. The van der Waals surface area contributed by atoms with Crippen LogP contribution >= 0.6 is 0 Å². The maximum atomic E-state index is 11.5. The van der Waals surface area contributed by atoms with Gasteiger partial charge in [0.2, 0.25) is 0 Å². The van der Waals surface area contributed by atoms with Crippen molar-refractivity contribution in [3.63, 3.8) is 0 Å². The fraction of sp³-hybridized carbons (Fsp3) is 0.923. The minimum absolute atomic E-state index is 0.508. The summed E-state index contributed by atoms with van der Waals surface area (Å²) in [7, 11) is 0. The molecule has 0 aromatic rings. The van der Waals surface area contributed by atoms with E-state index in [-0.39, 0.29) is 0 Å². The molecule has 2 unspecified atom stereocenters. The largest absolute Gasteiger partial charge is 0.300 e. The van der Waals surface area contributed by atoms with Gasteiger partial charge in [-0.1, -0.05) is 26.7 Å². The molecule has 2 saturated carbocycles. The molecular weight excluding hydrogens is 172 g/mol. The van der Waals surface area contributed by atoms with Gasteiger partial charge in [-0.15, -0.1) is 0 Å². The van der Waals surface area contributed by atoms with Crippen molar-refractivity contribution in [1.29, 1.82) is 0 Å². The average molecular weight is 194 g/mol. The highest BCUT2D eigenvalue weighted by molar-refractivity contribution is 5.78. The molecule has 0 aliphatic heterocycles.